The fraction of sp³-hybridized carbons (Fsp3) is 0.217. The van der Waals surface area contributed by atoms with Crippen molar-refractivity contribution >= 4 is 16.7 Å². The molecule has 1 aliphatic rings. The minimum Gasteiger partial charge on any atom is -0.366 e. The van der Waals surface area contributed by atoms with Crippen molar-refractivity contribution in [1.29, 1.82) is 0 Å². The highest BCUT2D eigenvalue weighted by Gasteiger charge is 2.16. The number of hydrogen-bond acceptors (Lipinski definition) is 4. The lowest BCUT2D eigenvalue weighted by Crippen LogP contribution is -2.38. The van der Waals surface area contributed by atoms with Crippen LogP contribution in [-0.4, -0.2) is 34.1 Å². The zero-order valence-corrected chi connectivity index (χ0v) is 16.3. The van der Waals surface area contributed by atoms with Gasteiger partial charge in [-0.25, -0.2) is 18.7 Å². The Labute approximate surface area is 172 Å². The van der Waals surface area contributed by atoms with Crippen LogP contribution in [0.3, 0.4) is 0 Å². The SMILES string of the molecule is Fc1cccc(F)c1-c1ccc2[nH]cc(-c3nccc(NC4CCCNC4)n3)c2c1. The molecule has 0 saturated carbocycles. The largest absolute Gasteiger partial charge is 0.366 e. The molecule has 0 bridgehead atoms. The lowest BCUT2D eigenvalue weighted by atomic mass is 10.0. The number of fused-ring (bicyclic) bond motifs is 1. The fourth-order valence-corrected chi connectivity index (χ4v) is 3.99. The highest BCUT2D eigenvalue weighted by Crippen LogP contribution is 2.33. The number of benzene rings is 2. The van der Waals surface area contributed by atoms with Crippen molar-refractivity contribution < 1.29 is 8.78 Å². The van der Waals surface area contributed by atoms with Crippen LogP contribution >= 0.6 is 0 Å². The number of rotatable bonds is 4. The third-order valence-corrected chi connectivity index (χ3v) is 5.48. The van der Waals surface area contributed by atoms with Crippen molar-refractivity contribution in [2.24, 2.45) is 0 Å². The Hall–Kier alpha value is -3.32. The second-order valence-electron chi connectivity index (χ2n) is 7.51. The summed E-state index contributed by atoms with van der Waals surface area (Å²) < 4.78 is 28.6. The molecule has 3 heterocycles. The van der Waals surface area contributed by atoms with E-state index in [1.165, 1.54) is 18.2 Å². The van der Waals surface area contributed by atoms with E-state index in [-0.39, 0.29) is 5.56 Å². The topological polar surface area (TPSA) is 65.6 Å². The fourth-order valence-electron chi connectivity index (χ4n) is 3.99. The maximum absolute atomic E-state index is 14.3. The Morgan fingerprint density at radius 1 is 1.07 bits per heavy atom. The minimum absolute atomic E-state index is 0.0346. The lowest BCUT2D eigenvalue weighted by molar-refractivity contribution is 0.479. The van der Waals surface area contributed by atoms with Crippen LogP contribution in [0.5, 0.6) is 0 Å². The van der Waals surface area contributed by atoms with E-state index in [4.69, 9.17) is 0 Å². The molecule has 0 aliphatic carbocycles. The number of hydrogen-bond donors (Lipinski definition) is 3. The van der Waals surface area contributed by atoms with Crippen molar-refractivity contribution in [3.8, 4) is 22.5 Å². The first-order chi connectivity index (χ1) is 14.7. The van der Waals surface area contributed by atoms with Gasteiger partial charge in [0.05, 0.1) is 5.56 Å². The Morgan fingerprint density at radius 3 is 2.73 bits per heavy atom. The average Bonchev–Trinajstić information content (AvgIpc) is 3.18. The summed E-state index contributed by atoms with van der Waals surface area (Å²) in [5, 5.41) is 7.65. The van der Waals surface area contributed by atoms with Gasteiger partial charge >= 0.3 is 0 Å². The average molecular weight is 405 g/mol. The molecule has 4 aromatic rings. The standard InChI is InChI=1S/C23H21F2N5/c24-18-4-1-5-19(25)22(18)14-6-7-20-16(11-14)17(13-28-20)23-27-10-8-21(30-23)29-15-3-2-9-26-12-15/h1,4-8,10-11,13,15,26,28H,2-3,9,12H2,(H,27,29,30). The van der Waals surface area contributed by atoms with Crippen LogP contribution in [0.15, 0.2) is 54.9 Å². The van der Waals surface area contributed by atoms with Crippen LogP contribution in [-0.2, 0) is 0 Å². The first-order valence-corrected chi connectivity index (χ1v) is 10.1. The molecule has 0 spiro atoms. The summed E-state index contributed by atoms with van der Waals surface area (Å²) >= 11 is 0. The van der Waals surface area contributed by atoms with E-state index >= 15 is 0 Å². The summed E-state index contributed by atoms with van der Waals surface area (Å²) in [6.07, 6.45) is 5.78. The second-order valence-corrected chi connectivity index (χ2v) is 7.51. The summed E-state index contributed by atoms with van der Waals surface area (Å²) in [5.41, 5.74) is 2.08. The highest BCUT2D eigenvalue weighted by atomic mass is 19.1. The zero-order valence-electron chi connectivity index (χ0n) is 16.3. The van der Waals surface area contributed by atoms with Gasteiger partial charge in [-0.1, -0.05) is 12.1 Å². The molecule has 7 heteroatoms. The van der Waals surface area contributed by atoms with Gasteiger partial charge in [-0.05, 0) is 55.3 Å². The molecule has 3 N–H and O–H groups in total. The zero-order chi connectivity index (χ0) is 20.5. The lowest BCUT2D eigenvalue weighted by Gasteiger charge is -2.24. The van der Waals surface area contributed by atoms with Gasteiger partial charge in [0.15, 0.2) is 5.82 Å². The Bertz CT molecular complexity index is 1180. The van der Waals surface area contributed by atoms with Gasteiger partial charge in [0.25, 0.3) is 0 Å². The molecule has 30 heavy (non-hydrogen) atoms. The van der Waals surface area contributed by atoms with Gasteiger partial charge in [-0.2, -0.15) is 0 Å². The molecule has 1 fully saturated rings. The van der Waals surface area contributed by atoms with Gasteiger partial charge in [-0.3, -0.25) is 0 Å². The molecule has 2 aromatic heterocycles. The molecular formula is C23H21F2N5. The molecule has 1 atom stereocenters. The summed E-state index contributed by atoms with van der Waals surface area (Å²) in [4.78, 5) is 12.3. The number of halogens is 2. The van der Waals surface area contributed by atoms with Crippen LogP contribution in [0, 0.1) is 11.6 Å². The molecule has 1 unspecified atom stereocenters. The van der Waals surface area contributed by atoms with Crippen molar-refractivity contribution in [3.63, 3.8) is 0 Å². The maximum Gasteiger partial charge on any atom is 0.163 e. The Morgan fingerprint density at radius 2 is 1.93 bits per heavy atom. The second kappa shape index (κ2) is 7.84. The van der Waals surface area contributed by atoms with Crippen LogP contribution < -0.4 is 10.6 Å². The number of aromatic nitrogens is 3. The third-order valence-electron chi connectivity index (χ3n) is 5.48. The Kier molecular flexibility index (Phi) is 4.88. The van der Waals surface area contributed by atoms with E-state index in [1.807, 2.05) is 18.3 Å². The number of piperidine rings is 1. The van der Waals surface area contributed by atoms with E-state index in [0.717, 1.165) is 48.2 Å². The van der Waals surface area contributed by atoms with Gasteiger partial charge in [0.2, 0.25) is 0 Å². The normalized spacial score (nSPS) is 16.7. The van der Waals surface area contributed by atoms with Crippen LogP contribution in [0.1, 0.15) is 12.8 Å². The summed E-state index contributed by atoms with van der Waals surface area (Å²) in [5.74, 6) is 0.144. The van der Waals surface area contributed by atoms with Crippen molar-refractivity contribution in [1.82, 2.24) is 20.3 Å². The first kappa shape index (κ1) is 18.7. The van der Waals surface area contributed by atoms with Crippen LogP contribution in [0.4, 0.5) is 14.6 Å². The van der Waals surface area contributed by atoms with E-state index in [1.54, 1.807) is 18.3 Å². The van der Waals surface area contributed by atoms with Crippen LogP contribution in [0.2, 0.25) is 0 Å². The molecule has 1 aliphatic heterocycles. The Balaban J connectivity index is 1.53. The first-order valence-electron chi connectivity index (χ1n) is 10.1. The molecule has 152 valence electrons. The molecule has 5 nitrogen and oxygen atoms in total. The number of aromatic amines is 1. The van der Waals surface area contributed by atoms with Gasteiger partial charge < -0.3 is 15.6 Å². The van der Waals surface area contributed by atoms with Crippen molar-refractivity contribution in [2.75, 3.05) is 18.4 Å². The summed E-state index contributed by atoms with van der Waals surface area (Å²) in [6, 6.07) is 11.4. The monoisotopic (exact) mass is 405 g/mol. The van der Waals surface area contributed by atoms with Crippen LogP contribution in [0.25, 0.3) is 33.4 Å². The summed E-state index contributed by atoms with van der Waals surface area (Å²) in [6.45, 7) is 1.96. The molecule has 0 radical (unpaired) electrons. The quantitative estimate of drug-likeness (QED) is 0.459. The van der Waals surface area contributed by atoms with E-state index in [0.29, 0.717) is 17.4 Å². The van der Waals surface area contributed by atoms with E-state index in [2.05, 4.69) is 25.6 Å². The number of anilines is 1. The van der Waals surface area contributed by atoms with E-state index < -0.39 is 11.6 Å². The molecule has 2 aromatic carbocycles. The van der Waals surface area contributed by atoms with Crippen molar-refractivity contribution in [2.45, 2.75) is 18.9 Å². The third kappa shape index (κ3) is 3.52. The molecular weight excluding hydrogens is 384 g/mol. The number of nitrogens with zero attached hydrogens (tertiary/aromatic N) is 2. The smallest absolute Gasteiger partial charge is 0.163 e. The number of nitrogens with one attached hydrogen (secondary N) is 3. The van der Waals surface area contributed by atoms with Gasteiger partial charge in [0.1, 0.15) is 17.5 Å². The highest BCUT2D eigenvalue weighted by molar-refractivity contribution is 5.96. The number of H-pyrrole nitrogens is 1. The van der Waals surface area contributed by atoms with Gasteiger partial charge in [-0.15, -0.1) is 0 Å². The molecule has 0 amide bonds. The molecule has 1 saturated heterocycles. The summed E-state index contributed by atoms with van der Waals surface area (Å²) in [7, 11) is 0. The molecule has 5 rings (SSSR count). The van der Waals surface area contributed by atoms with Gasteiger partial charge in [0, 0.05) is 41.4 Å². The predicted octanol–water partition coefficient (Wildman–Crippen LogP) is 4.73. The maximum atomic E-state index is 14.3. The minimum atomic E-state index is -0.588. The van der Waals surface area contributed by atoms with E-state index in [9.17, 15) is 8.78 Å². The predicted molar refractivity (Wildman–Crippen MR) is 114 cm³/mol. The van der Waals surface area contributed by atoms with Crippen molar-refractivity contribution in [3.05, 3.63) is 66.5 Å².